The van der Waals surface area contributed by atoms with Crippen LogP contribution < -0.4 is 0 Å². The van der Waals surface area contributed by atoms with Crippen molar-refractivity contribution in [1.29, 1.82) is 0 Å². The normalized spacial score (nSPS) is 17.6. The zero-order chi connectivity index (χ0) is 18.2. The maximum Gasteiger partial charge on any atom is 0.152 e. The number of ketones is 1. The Kier molecular flexibility index (Phi) is 4.20. The number of carbonyl (C=O) groups excluding carboxylic acids is 1. The zero-order valence-corrected chi connectivity index (χ0v) is 15.3. The zero-order valence-electron chi connectivity index (χ0n) is 15.3. The minimum atomic E-state index is 0.240. The van der Waals surface area contributed by atoms with Crippen molar-refractivity contribution in [2.75, 3.05) is 19.6 Å². The fourth-order valence-corrected chi connectivity index (χ4v) is 3.80. The molecule has 4 heterocycles. The molecule has 0 spiro atoms. The Bertz CT molecular complexity index is 985. The second-order valence-corrected chi connectivity index (χ2v) is 7.73. The SMILES string of the molecule is O=C(Cc1cc2cc(-c3cnn(C4CC4)c3)ncc2cn1)CN1CCCC1. The molecule has 6 nitrogen and oxygen atoms in total. The van der Waals surface area contributed by atoms with E-state index in [0.717, 1.165) is 40.8 Å². The van der Waals surface area contributed by atoms with Gasteiger partial charge in [0, 0.05) is 35.2 Å². The number of Topliss-reactive ketones (excluding diaryl/α,β-unsaturated/α-hetero) is 1. The fourth-order valence-electron chi connectivity index (χ4n) is 3.80. The smallest absolute Gasteiger partial charge is 0.152 e. The molecular weight excluding hydrogens is 338 g/mol. The van der Waals surface area contributed by atoms with Crippen LogP contribution in [0.25, 0.3) is 22.0 Å². The molecule has 27 heavy (non-hydrogen) atoms. The lowest BCUT2D eigenvalue weighted by Crippen LogP contribution is -2.27. The fraction of sp³-hybridized carbons (Fsp3) is 0.429. The van der Waals surface area contributed by atoms with E-state index in [9.17, 15) is 4.79 Å². The van der Waals surface area contributed by atoms with Crippen LogP contribution in [0, 0.1) is 0 Å². The minimum absolute atomic E-state index is 0.240. The van der Waals surface area contributed by atoms with Gasteiger partial charge in [0.2, 0.25) is 0 Å². The van der Waals surface area contributed by atoms with Gasteiger partial charge in [-0.25, -0.2) is 0 Å². The molecule has 2 aliphatic rings. The third-order valence-corrected chi connectivity index (χ3v) is 5.46. The van der Waals surface area contributed by atoms with E-state index in [1.807, 2.05) is 29.3 Å². The molecule has 138 valence electrons. The Morgan fingerprint density at radius 3 is 2.67 bits per heavy atom. The van der Waals surface area contributed by atoms with E-state index in [4.69, 9.17) is 0 Å². The first-order valence-corrected chi connectivity index (χ1v) is 9.78. The molecule has 0 unspecified atom stereocenters. The molecule has 3 aromatic rings. The molecule has 1 saturated carbocycles. The van der Waals surface area contributed by atoms with E-state index in [2.05, 4.69) is 32.2 Å². The Morgan fingerprint density at radius 1 is 1.04 bits per heavy atom. The number of likely N-dealkylation sites (tertiary alicyclic amines) is 1. The van der Waals surface area contributed by atoms with E-state index in [0.29, 0.717) is 19.0 Å². The summed E-state index contributed by atoms with van der Waals surface area (Å²) in [5, 5.41) is 6.51. The van der Waals surface area contributed by atoms with Gasteiger partial charge in [-0.15, -0.1) is 0 Å². The first-order valence-electron chi connectivity index (χ1n) is 9.78. The van der Waals surface area contributed by atoms with Gasteiger partial charge < -0.3 is 0 Å². The number of hydrogen-bond acceptors (Lipinski definition) is 5. The molecular formula is C21H23N5O. The standard InChI is InChI=1S/C21H23N5O/c27-20(14-25-5-1-2-6-25)9-18-7-15-8-21(23-11-16(15)10-22-18)17-12-24-26(13-17)19-3-4-19/h7-8,10-13,19H,1-6,9,14H2. The largest absolute Gasteiger partial charge is 0.298 e. The van der Waals surface area contributed by atoms with Gasteiger partial charge in [-0.1, -0.05) is 0 Å². The second-order valence-electron chi connectivity index (χ2n) is 7.73. The van der Waals surface area contributed by atoms with Crippen LogP contribution in [0.2, 0.25) is 0 Å². The molecule has 0 N–H and O–H groups in total. The number of rotatable bonds is 6. The number of aromatic nitrogens is 4. The highest BCUT2D eigenvalue weighted by molar-refractivity contribution is 5.87. The third-order valence-electron chi connectivity index (χ3n) is 5.46. The quantitative estimate of drug-likeness (QED) is 0.675. The van der Waals surface area contributed by atoms with Crippen molar-refractivity contribution >= 4 is 16.6 Å². The van der Waals surface area contributed by atoms with Crippen LogP contribution >= 0.6 is 0 Å². The Morgan fingerprint density at radius 2 is 1.85 bits per heavy atom. The summed E-state index contributed by atoms with van der Waals surface area (Å²) in [6.07, 6.45) is 12.9. The van der Waals surface area contributed by atoms with Crippen LogP contribution in [-0.4, -0.2) is 50.1 Å². The molecule has 0 amide bonds. The maximum atomic E-state index is 12.4. The minimum Gasteiger partial charge on any atom is -0.298 e. The van der Waals surface area contributed by atoms with Crippen molar-refractivity contribution in [3.05, 3.63) is 42.6 Å². The highest BCUT2D eigenvalue weighted by atomic mass is 16.1. The van der Waals surface area contributed by atoms with Crippen molar-refractivity contribution in [3.63, 3.8) is 0 Å². The summed E-state index contributed by atoms with van der Waals surface area (Å²) in [6.45, 7) is 2.63. The number of fused-ring (bicyclic) bond motifs is 1. The monoisotopic (exact) mass is 361 g/mol. The van der Waals surface area contributed by atoms with E-state index in [-0.39, 0.29) is 5.78 Å². The van der Waals surface area contributed by atoms with Gasteiger partial charge in [0.05, 0.1) is 30.9 Å². The van der Waals surface area contributed by atoms with Gasteiger partial charge in [0.15, 0.2) is 5.78 Å². The summed E-state index contributed by atoms with van der Waals surface area (Å²) in [7, 11) is 0. The van der Waals surface area contributed by atoms with Gasteiger partial charge in [0.1, 0.15) is 0 Å². The average Bonchev–Trinajstić information content (AvgIpc) is 3.18. The average molecular weight is 361 g/mol. The molecule has 3 aromatic heterocycles. The first kappa shape index (κ1) is 16.6. The molecule has 2 fully saturated rings. The van der Waals surface area contributed by atoms with Crippen molar-refractivity contribution in [2.24, 2.45) is 0 Å². The molecule has 0 bridgehead atoms. The van der Waals surface area contributed by atoms with Crippen molar-refractivity contribution in [3.8, 4) is 11.3 Å². The van der Waals surface area contributed by atoms with Crippen LogP contribution in [-0.2, 0) is 11.2 Å². The predicted octanol–water partition coefficient (Wildman–Crippen LogP) is 3.04. The summed E-state index contributed by atoms with van der Waals surface area (Å²) >= 11 is 0. The third kappa shape index (κ3) is 3.62. The highest BCUT2D eigenvalue weighted by Crippen LogP contribution is 2.35. The number of carbonyl (C=O) groups is 1. The number of nitrogens with zero attached hydrogens (tertiary/aromatic N) is 5. The summed E-state index contributed by atoms with van der Waals surface area (Å²) < 4.78 is 2.04. The van der Waals surface area contributed by atoms with E-state index < -0.39 is 0 Å². The maximum absolute atomic E-state index is 12.4. The van der Waals surface area contributed by atoms with Crippen LogP contribution in [0.5, 0.6) is 0 Å². The van der Waals surface area contributed by atoms with E-state index in [1.54, 1.807) is 0 Å². The molecule has 0 aromatic carbocycles. The topological polar surface area (TPSA) is 63.9 Å². The van der Waals surface area contributed by atoms with Crippen molar-refractivity contribution in [1.82, 2.24) is 24.6 Å². The van der Waals surface area contributed by atoms with Gasteiger partial charge >= 0.3 is 0 Å². The Balaban J connectivity index is 1.35. The van der Waals surface area contributed by atoms with Gasteiger partial charge in [-0.3, -0.25) is 24.3 Å². The molecule has 6 heteroatoms. The van der Waals surface area contributed by atoms with Crippen LogP contribution in [0.4, 0.5) is 0 Å². The summed E-state index contributed by atoms with van der Waals surface area (Å²) in [6, 6.07) is 4.66. The second kappa shape index (κ2) is 6.85. The van der Waals surface area contributed by atoms with Gasteiger partial charge in [0.25, 0.3) is 0 Å². The summed E-state index contributed by atoms with van der Waals surface area (Å²) in [4.78, 5) is 23.6. The first-order chi connectivity index (χ1) is 13.2. The number of pyridine rings is 2. The summed E-state index contributed by atoms with van der Waals surface area (Å²) in [5.41, 5.74) is 2.78. The highest BCUT2D eigenvalue weighted by Gasteiger charge is 2.24. The van der Waals surface area contributed by atoms with Crippen LogP contribution in [0.3, 0.4) is 0 Å². The van der Waals surface area contributed by atoms with Crippen LogP contribution in [0.15, 0.2) is 36.9 Å². The van der Waals surface area contributed by atoms with E-state index >= 15 is 0 Å². The lowest BCUT2D eigenvalue weighted by molar-refractivity contribution is -0.119. The Hall–Kier alpha value is -2.60. The molecule has 1 aliphatic heterocycles. The molecule has 0 radical (unpaired) electrons. The van der Waals surface area contributed by atoms with Crippen LogP contribution in [0.1, 0.15) is 37.4 Å². The number of hydrogen-bond donors (Lipinski definition) is 0. The molecule has 0 atom stereocenters. The van der Waals surface area contributed by atoms with Crippen molar-refractivity contribution in [2.45, 2.75) is 38.1 Å². The molecule has 1 aliphatic carbocycles. The van der Waals surface area contributed by atoms with E-state index in [1.165, 1.54) is 25.7 Å². The van der Waals surface area contributed by atoms with Crippen molar-refractivity contribution < 1.29 is 4.79 Å². The lowest BCUT2D eigenvalue weighted by Gasteiger charge is -2.13. The van der Waals surface area contributed by atoms with Gasteiger partial charge in [-0.2, -0.15) is 5.10 Å². The molecule has 5 rings (SSSR count). The summed E-state index contributed by atoms with van der Waals surface area (Å²) in [5.74, 6) is 0.240. The van der Waals surface area contributed by atoms with Gasteiger partial charge in [-0.05, 0) is 56.3 Å². The lowest BCUT2D eigenvalue weighted by atomic mass is 10.1. The predicted molar refractivity (Wildman–Crippen MR) is 103 cm³/mol. The Labute approximate surface area is 158 Å². The molecule has 1 saturated heterocycles.